The number of benzene rings is 2. The van der Waals surface area contributed by atoms with Crippen LogP contribution in [0.3, 0.4) is 0 Å². The molecule has 3 rings (SSSR count). The van der Waals surface area contributed by atoms with E-state index in [4.69, 9.17) is 0 Å². The number of aryl methyl sites for hydroxylation is 1. The molecule has 1 atom stereocenters. The Morgan fingerprint density at radius 2 is 1.48 bits per heavy atom. The molecule has 128 valence electrons. The van der Waals surface area contributed by atoms with Crippen molar-refractivity contribution >= 4 is 0 Å². The van der Waals surface area contributed by atoms with E-state index in [-0.39, 0.29) is 5.75 Å². The fourth-order valence-electron chi connectivity index (χ4n) is 2.63. The van der Waals surface area contributed by atoms with Crippen LogP contribution in [0.2, 0.25) is 0 Å². The van der Waals surface area contributed by atoms with Gasteiger partial charge in [0, 0.05) is 23.5 Å². The average Bonchev–Trinajstić information content (AvgIpc) is 2.67. The molecular weight excluding hydrogens is 315 g/mol. The van der Waals surface area contributed by atoms with Crippen LogP contribution >= 0.6 is 0 Å². The van der Waals surface area contributed by atoms with Crippen LogP contribution in [0.25, 0.3) is 22.5 Å². The fourth-order valence-corrected chi connectivity index (χ4v) is 2.63. The monoisotopic (exact) mass is 336 g/mol. The first kappa shape index (κ1) is 17.1. The highest BCUT2D eigenvalue weighted by molar-refractivity contribution is 5.64. The van der Waals surface area contributed by atoms with Gasteiger partial charge < -0.3 is 5.11 Å². The molecule has 0 radical (unpaired) electrons. The Hall–Kier alpha value is -2.75. The predicted octanol–water partition coefficient (Wildman–Crippen LogP) is 5.20. The smallest absolute Gasteiger partial charge is 0.159 e. The number of aromatic hydroxyl groups is 1. The summed E-state index contributed by atoms with van der Waals surface area (Å²) in [6, 6.07) is 14.9. The summed E-state index contributed by atoms with van der Waals surface area (Å²) in [6.45, 7) is 1.87. The third kappa shape index (κ3) is 4.41. The lowest BCUT2D eigenvalue weighted by molar-refractivity contribution is 0.306. The van der Waals surface area contributed by atoms with Crippen molar-refractivity contribution in [3.8, 4) is 28.3 Å². The summed E-state index contributed by atoms with van der Waals surface area (Å²) in [4.78, 5) is 8.86. The van der Waals surface area contributed by atoms with Crippen molar-refractivity contribution in [1.29, 1.82) is 0 Å². The Kier molecular flexibility index (Phi) is 5.39. The third-order valence-corrected chi connectivity index (χ3v) is 4.25. The Morgan fingerprint density at radius 3 is 2.08 bits per heavy atom. The van der Waals surface area contributed by atoms with E-state index in [0.717, 1.165) is 28.7 Å². The largest absolute Gasteiger partial charge is 0.508 e. The minimum Gasteiger partial charge on any atom is -0.508 e. The summed E-state index contributed by atoms with van der Waals surface area (Å²) in [6.07, 6.45) is 4.70. The number of phenols is 1. The molecule has 4 heteroatoms. The number of rotatable bonds is 6. The topological polar surface area (TPSA) is 46.0 Å². The SMILES string of the molecule is CC[C@H](F)CCc1ccc(-c2ncc(-c3ccc(O)cc3)cn2)cc1. The molecule has 0 amide bonds. The second-order valence-corrected chi connectivity index (χ2v) is 6.08. The molecule has 0 fully saturated rings. The van der Waals surface area contributed by atoms with E-state index < -0.39 is 6.17 Å². The highest BCUT2D eigenvalue weighted by Crippen LogP contribution is 2.23. The third-order valence-electron chi connectivity index (χ3n) is 4.25. The molecule has 0 bridgehead atoms. The van der Waals surface area contributed by atoms with Gasteiger partial charge in [-0.25, -0.2) is 14.4 Å². The second-order valence-electron chi connectivity index (χ2n) is 6.08. The zero-order chi connectivity index (χ0) is 17.6. The van der Waals surface area contributed by atoms with Crippen molar-refractivity contribution in [2.75, 3.05) is 0 Å². The Balaban J connectivity index is 1.70. The Bertz CT molecular complexity index is 799. The first-order valence-corrected chi connectivity index (χ1v) is 8.50. The quantitative estimate of drug-likeness (QED) is 0.673. The summed E-state index contributed by atoms with van der Waals surface area (Å²) in [5, 5.41) is 9.35. The van der Waals surface area contributed by atoms with Crippen molar-refractivity contribution < 1.29 is 9.50 Å². The van der Waals surface area contributed by atoms with Crippen LogP contribution in [-0.4, -0.2) is 21.2 Å². The number of phenolic OH excluding ortho intramolecular Hbond substituents is 1. The van der Waals surface area contributed by atoms with E-state index >= 15 is 0 Å². The fraction of sp³-hybridized carbons (Fsp3) is 0.238. The van der Waals surface area contributed by atoms with E-state index in [9.17, 15) is 9.50 Å². The van der Waals surface area contributed by atoms with Crippen molar-refractivity contribution in [3.63, 3.8) is 0 Å². The van der Waals surface area contributed by atoms with Crippen LogP contribution in [-0.2, 0) is 6.42 Å². The summed E-state index contributed by atoms with van der Waals surface area (Å²) in [5.74, 6) is 0.894. The van der Waals surface area contributed by atoms with E-state index in [0.29, 0.717) is 18.7 Å². The average molecular weight is 336 g/mol. The molecule has 1 aromatic heterocycles. The molecule has 0 unspecified atom stereocenters. The lowest BCUT2D eigenvalue weighted by Crippen LogP contribution is -1.99. The zero-order valence-electron chi connectivity index (χ0n) is 14.2. The molecule has 2 aromatic carbocycles. The molecule has 0 saturated heterocycles. The van der Waals surface area contributed by atoms with Gasteiger partial charge in [-0.2, -0.15) is 0 Å². The van der Waals surface area contributed by atoms with E-state index in [1.54, 1.807) is 24.5 Å². The highest BCUT2D eigenvalue weighted by atomic mass is 19.1. The van der Waals surface area contributed by atoms with Crippen LogP contribution in [0.4, 0.5) is 4.39 Å². The van der Waals surface area contributed by atoms with Gasteiger partial charge in [-0.05, 0) is 42.5 Å². The minimum atomic E-state index is -0.726. The zero-order valence-corrected chi connectivity index (χ0v) is 14.2. The lowest BCUT2D eigenvalue weighted by atomic mass is 10.0. The summed E-state index contributed by atoms with van der Waals surface area (Å²) in [5.41, 5.74) is 3.92. The summed E-state index contributed by atoms with van der Waals surface area (Å²) in [7, 11) is 0. The van der Waals surface area contributed by atoms with Gasteiger partial charge in [-0.3, -0.25) is 0 Å². The molecule has 1 heterocycles. The van der Waals surface area contributed by atoms with Crippen molar-refractivity contribution in [1.82, 2.24) is 9.97 Å². The number of hydrogen-bond donors (Lipinski definition) is 1. The van der Waals surface area contributed by atoms with Gasteiger partial charge in [0.2, 0.25) is 0 Å². The number of aromatic nitrogens is 2. The van der Waals surface area contributed by atoms with Crippen LogP contribution in [0.5, 0.6) is 5.75 Å². The first-order valence-electron chi connectivity index (χ1n) is 8.50. The van der Waals surface area contributed by atoms with E-state index in [1.165, 1.54) is 0 Å². The molecule has 3 nitrogen and oxygen atoms in total. The minimum absolute atomic E-state index is 0.236. The number of alkyl halides is 1. The van der Waals surface area contributed by atoms with Gasteiger partial charge in [0.15, 0.2) is 5.82 Å². The molecule has 25 heavy (non-hydrogen) atoms. The molecule has 3 aromatic rings. The predicted molar refractivity (Wildman–Crippen MR) is 98.1 cm³/mol. The van der Waals surface area contributed by atoms with Crippen LogP contribution < -0.4 is 0 Å². The summed E-state index contributed by atoms with van der Waals surface area (Å²) < 4.78 is 13.3. The standard InChI is InChI=1S/C21H21FN2O/c1-2-19(22)10-5-15-3-6-17(7-4-15)21-23-13-18(14-24-21)16-8-11-20(25)12-9-16/h3-4,6-9,11-14,19,25H,2,5,10H2,1H3/t19-/m0/s1. The Morgan fingerprint density at radius 1 is 0.880 bits per heavy atom. The first-order chi connectivity index (χ1) is 12.2. The highest BCUT2D eigenvalue weighted by Gasteiger charge is 2.06. The van der Waals surface area contributed by atoms with Gasteiger partial charge in [0.25, 0.3) is 0 Å². The number of halogens is 1. The van der Waals surface area contributed by atoms with Gasteiger partial charge in [-0.1, -0.05) is 43.3 Å². The molecule has 0 saturated carbocycles. The summed E-state index contributed by atoms with van der Waals surface area (Å²) >= 11 is 0. The molecule has 0 spiro atoms. The molecule has 0 aliphatic carbocycles. The lowest BCUT2D eigenvalue weighted by Gasteiger charge is -2.07. The van der Waals surface area contributed by atoms with Crippen molar-refractivity contribution in [2.24, 2.45) is 0 Å². The van der Waals surface area contributed by atoms with Gasteiger partial charge >= 0.3 is 0 Å². The molecule has 0 aliphatic rings. The maximum Gasteiger partial charge on any atom is 0.159 e. The second kappa shape index (κ2) is 7.88. The van der Waals surface area contributed by atoms with Gasteiger partial charge in [-0.15, -0.1) is 0 Å². The van der Waals surface area contributed by atoms with Crippen molar-refractivity contribution in [2.45, 2.75) is 32.4 Å². The molecule has 0 aliphatic heterocycles. The van der Waals surface area contributed by atoms with E-state index in [1.807, 2.05) is 43.3 Å². The van der Waals surface area contributed by atoms with Gasteiger partial charge in [0.05, 0.1) is 0 Å². The normalized spacial score (nSPS) is 12.1. The van der Waals surface area contributed by atoms with Crippen LogP contribution in [0.15, 0.2) is 60.9 Å². The molecular formula is C21H21FN2O. The van der Waals surface area contributed by atoms with Crippen LogP contribution in [0, 0.1) is 0 Å². The van der Waals surface area contributed by atoms with Crippen molar-refractivity contribution in [3.05, 3.63) is 66.5 Å². The maximum atomic E-state index is 13.3. The maximum absolute atomic E-state index is 13.3. The molecule has 1 N–H and O–H groups in total. The van der Waals surface area contributed by atoms with Gasteiger partial charge in [0.1, 0.15) is 11.9 Å². The Labute approximate surface area is 147 Å². The van der Waals surface area contributed by atoms with E-state index in [2.05, 4.69) is 9.97 Å². The van der Waals surface area contributed by atoms with Crippen LogP contribution in [0.1, 0.15) is 25.3 Å². The number of nitrogens with zero attached hydrogens (tertiary/aromatic N) is 2. The number of hydrogen-bond acceptors (Lipinski definition) is 3.